The van der Waals surface area contributed by atoms with E-state index in [-0.39, 0.29) is 78.1 Å². The summed E-state index contributed by atoms with van der Waals surface area (Å²) in [4.78, 5) is 68.1. The highest BCUT2D eigenvalue weighted by atomic mass is 19.4. The molecule has 9 heterocycles. The number of Topliss-reactive ketones (excluding diaryl/α,β-unsaturated/α-hetero) is 3. The van der Waals surface area contributed by atoms with E-state index in [0.717, 1.165) is 100 Å². The largest absolute Gasteiger partial charge is 0.417 e. The van der Waals surface area contributed by atoms with Crippen molar-refractivity contribution in [2.45, 2.75) is 64.7 Å². The number of allylic oxidation sites excluding steroid dienone is 1. The lowest BCUT2D eigenvalue weighted by molar-refractivity contribution is -0.138. The molecule has 1 saturated heterocycles. The molecule has 1 aliphatic rings. The maximum Gasteiger partial charge on any atom is 0.417 e. The van der Waals surface area contributed by atoms with Gasteiger partial charge >= 0.3 is 12.4 Å². The zero-order valence-electron chi connectivity index (χ0n) is 53.3. The fourth-order valence-electron chi connectivity index (χ4n) is 11.0. The molecule has 3 aromatic carbocycles. The number of aromatic nitrogens is 10. The minimum absolute atomic E-state index is 0.00428. The fraction of sp³-hybridized carbons (Fsp3) is 0.184. The predicted molar refractivity (Wildman–Crippen MR) is 359 cm³/mol. The molecule has 98 heavy (non-hydrogen) atoms. The molecule has 0 aliphatic carbocycles. The molecule has 0 spiro atoms. The highest BCUT2D eigenvalue weighted by Gasteiger charge is 2.35. The molecule has 1 aliphatic heterocycles. The Morgan fingerprint density at radius 3 is 1.30 bits per heavy atom. The van der Waals surface area contributed by atoms with Crippen molar-refractivity contribution < 1.29 is 40.7 Å². The van der Waals surface area contributed by atoms with Gasteiger partial charge in [0.1, 0.15) is 17.3 Å². The van der Waals surface area contributed by atoms with Crippen LogP contribution in [0.1, 0.15) is 63.1 Å². The molecule has 12 rings (SSSR count). The van der Waals surface area contributed by atoms with Gasteiger partial charge in [0, 0.05) is 146 Å². The van der Waals surface area contributed by atoms with E-state index in [1.165, 1.54) is 61.2 Å². The maximum absolute atomic E-state index is 13.6. The number of carbonyl (C=O) groups is 3. The molecule has 492 valence electrons. The Morgan fingerprint density at radius 2 is 0.908 bits per heavy atom. The normalized spacial score (nSPS) is 12.1. The van der Waals surface area contributed by atoms with Crippen molar-refractivity contribution >= 4 is 23.0 Å². The lowest BCUT2D eigenvalue weighted by atomic mass is 9.96. The highest BCUT2D eigenvalue weighted by molar-refractivity contribution is 5.85. The van der Waals surface area contributed by atoms with Crippen LogP contribution in [0, 0.1) is 18.3 Å². The van der Waals surface area contributed by atoms with Gasteiger partial charge in [0.15, 0.2) is 0 Å². The quantitative estimate of drug-likeness (QED) is 0.0689. The van der Waals surface area contributed by atoms with E-state index < -0.39 is 23.5 Å². The molecule has 0 amide bonds. The van der Waals surface area contributed by atoms with Gasteiger partial charge in [0.2, 0.25) is 0 Å². The number of ketones is 3. The first-order chi connectivity index (χ1) is 47.2. The van der Waals surface area contributed by atoms with Crippen molar-refractivity contribution in [3.63, 3.8) is 0 Å². The summed E-state index contributed by atoms with van der Waals surface area (Å²) < 4.78 is 81.8. The minimum Gasteiger partial charge on any atom is -0.372 e. The van der Waals surface area contributed by atoms with Crippen molar-refractivity contribution in [3.05, 3.63) is 282 Å². The SMILES string of the molecule is C=C(C)N1CCN(c2ccc(CC(=O)Cc3ccc(-c4ccnc(C)c4)c(C#N)c3)nc2)CC1.O=C(Cc1ccc(-c2ccnnc2)c(C(F)(F)F)c1)Cc1ccc(-c2ccccn2)cn1.O=C(Cc1ccc(-c2ccnnc2)c(C(F)(F)F)c1)Cc1ccc(-c2ccccn2)cn1. The Kier molecular flexibility index (Phi) is 22.6. The van der Waals surface area contributed by atoms with Gasteiger partial charge < -0.3 is 9.80 Å². The Bertz CT molecular complexity index is 4400. The number of halogens is 6. The van der Waals surface area contributed by atoms with E-state index in [1.807, 2.05) is 111 Å². The number of anilines is 1. The number of hydrogen-bond donors (Lipinski definition) is 0. The van der Waals surface area contributed by atoms with E-state index in [1.54, 1.807) is 43.1 Å². The summed E-state index contributed by atoms with van der Waals surface area (Å²) in [5.41, 5.74) is 10.9. The summed E-state index contributed by atoms with van der Waals surface area (Å²) >= 11 is 0. The van der Waals surface area contributed by atoms with Gasteiger partial charge in [-0.25, -0.2) is 0 Å². The number of pyridine rings is 6. The number of aryl methyl sites for hydroxylation is 1. The Labute approximate surface area is 561 Å². The lowest BCUT2D eigenvalue weighted by Gasteiger charge is -2.37. The van der Waals surface area contributed by atoms with Crippen LogP contribution in [0.4, 0.5) is 32.0 Å². The summed E-state index contributed by atoms with van der Waals surface area (Å²) in [6.07, 6.45) is 6.65. The molecule has 11 aromatic rings. The van der Waals surface area contributed by atoms with Crippen LogP contribution in [0.25, 0.3) is 55.9 Å². The van der Waals surface area contributed by atoms with Crippen molar-refractivity contribution in [1.29, 1.82) is 5.26 Å². The zero-order chi connectivity index (χ0) is 69.2. The van der Waals surface area contributed by atoms with Crippen LogP contribution in [0.2, 0.25) is 0 Å². The number of carbonyl (C=O) groups excluding carboxylic acids is 3. The number of alkyl halides is 6. The fourth-order valence-corrected chi connectivity index (χ4v) is 11.0. The second kappa shape index (κ2) is 32.0. The molecule has 0 bridgehead atoms. The average molecular weight is 1320 g/mol. The second-order valence-electron chi connectivity index (χ2n) is 23.1. The van der Waals surface area contributed by atoms with Gasteiger partial charge in [-0.1, -0.05) is 55.1 Å². The van der Waals surface area contributed by atoms with E-state index >= 15 is 0 Å². The van der Waals surface area contributed by atoms with Crippen molar-refractivity contribution in [2.75, 3.05) is 31.1 Å². The summed E-state index contributed by atoms with van der Waals surface area (Å²) in [6, 6.07) is 44.6. The monoisotopic (exact) mass is 1320 g/mol. The van der Waals surface area contributed by atoms with Crippen LogP contribution in [0.5, 0.6) is 0 Å². The number of benzene rings is 3. The smallest absolute Gasteiger partial charge is 0.372 e. The molecule has 1 fully saturated rings. The molecule has 0 saturated carbocycles. The highest BCUT2D eigenvalue weighted by Crippen LogP contribution is 2.39. The van der Waals surface area contributed by atoms with Crippen LogP contribution < -0.4 is 4.90 Å². The Morgan fingerprint density at radius 1 is 0.449 bits per heavy atom. The van der Waals surface area contributed by atoms with E-state index in [0.29, 0.717) is 28.1 Å². The molecule has 22 heteroatoms. The number of rotatable bonds is 19. The standard InChI is InChI=1S/C28H29N5O.2C24H17F3N4O/c1-20(2)32-10-12-33(13-11-32)26-6-5-25(31-19-26)17-27(34)16-22-4-7-28(24(15-22)18-29)23-8-9-30-21(3)14-23;2*25-24(26,27)22-12-16(4-7-21(22)17-8-10-30-31-15-17)11-20(32)13-19-6-5-18(14-29-19)23-3-1-2-9-28-23/h4-9,14-15,19H,1,10-13,16-17H2,2-3H3;2*1-10,12,14-15H,11,13H2. The van der Waals surface area contributed by atoms with Crippen molar-refractivity contribution in [3.8, 4) is 62.0 Å². The minimum atomic E-state index is -4.57. The number of nitriles is 1. The van der Waals surface area contributed by atoms with Gasteiger partial charge in [-0.3, -0.25) is 44.3 Å². The van der Waals surface area contributed by atoms with Gasteiger partial charge in [0.05, 0.1) is 70.8 Å². The van der Waals surface area contributed by atoms with Gasteiger partial charge in [-0.05, 0) is 156 Å². The van der Waals surface area contributed by atoms with Crippen LogP contribution >= 0.6 is 0 Å². The number of hydrogen-bond acceptors (Lipinski definition) is 16. The van der Waals surface area contributed by atoms with Crippen molar-refractivity contribution in [1.82, 2.24) is 55.2 Å². The number of nitrogens with zero attached hydrogens (tertiary/aromatic N) is 13. The first-order valence-electron chi connectivity index (χ1n) is 31.0. The third kappa shape index (κ3) is 19.0. The Balaban J connectivity index is 0.000000159. The number of piperazine rings is 1. The molecule has 8 aromatic heterocycles. The van der Waals surface area contributed by atoms with Gasteiger partial charge in [-0.2, -0.15) is 52.0 Å². The molecule has 0 atom stereocenters. The first kappa shape index (κ1) is 69.0. The Hall–Kier alpha value is -11.9. The van der Waals surface area contributed by atoms with Gasteiger partial charge in [-0.15, -0.1) is 0 Å². The first-order valence-corrected chi connectivity index (χ1v) is 31.0. The van der Waals surface area contributed by atoms with E-state index in [9.17, 15) is 46.0 Å². The summed E-state index contributed by atoms with van der Waals surface area (Å²) in [5.74, 6) is -0.379. The van der Waals surface area contributed by atoms with E-state index in [2.05, 4.69) is 72.7 Å². The average Bonchev–Trinajstić information content (AvgIpc) is 0.905. The van der Waals surface area contributed by atoms with Crippen molar-refractivity contribution in [2.24, 2.45) is 0 Å². The van der Waals surface area contributed by atoms with Crippen LogP contribution in [0.3, 0.4) is 0 Å². The summed E-state index contributed by atoms with van der Waals surface area (Å²) in [6.45, 7) is 11.8. The molecule has 0 N–H and O–H groups in total. The second-order valence-corrected chi connectivity index (χ2v) is 23.1. The zero-order valence-corrected chi connectivity index (χ0v) is 53.3. The lowest BCUT2D eigenvalue weighted by Crippen LogP contribution is -2.45. The summed E-state index contributed by atoms with van der Waals surface area (Å²) in [7, 11) is 0. The van der Waals surface area contributed by atoms with E-state index in [4.69, 9.17) is 0 Å². The maximum atomic E-state index is 13.6. The molecule has 16 nitrogen and oxygen atoms in total. The topological polar surface area (TPSA) is 210 Å². The van der Waals surface area contributed by atoms with Crippen LogP contribution in [0.15, 0.2) is 226 Å². The van der Waals surface area contributed by atoms with Crippen LogP contribution in [-0.4, -0.2) is 98.7 Å². The van der Waals surface area contributed by atoms with Gasteiger partial charge in [0.25, 0.3) is 0 Å². The molecule has 0 unspecified atom stereocenters. The third-order valence-corrected chi connectivity index (χ3v) is 15.9. The molecule has 0 radical (unpaired) electrons. The summed E-state index contributed by atoms with van der Waals surface area (Å²) in [5, 5.41) is 24.1. The third-order valence-electron chi connectivity index (χ3n) is 15.9. The predicted octanol–water partition coefficient (Wildman–Crippen LogP) is 14.3. The molecular formula is C76H63F6N13O3. The molecular weight excluding hydrogens is 1260 g/mol. The van der Waals surface area contributed by atoms with Crippen LogP contribution in [-0.2, 0) is 65.3 Å².